The Bertz CT molecular complexity index is 475. The van der Waals surface area contributed by atoms with Gasteiger partial charge >= 0.3 is 0 Å². The number of hydrogen-bond donors (Lipinski definition) is 2. The van der Waals surface area contributed by atoms with E-state index in [-0.39, 0.29) is 23.5 Å². The molecule has 4 nitrogen and oxygen atoms in total. The van der Waals surface area contributed by atoms with Crippen LogP contribution in [-0.2, 0) is 16.0 Å². The molecule has 0 fully saturated rings. The van der Waals surface area contributed by atoms with Crippen molar-refractivity contribution in [3.05, 3.63) is 35.6 Å². The smallest absolute Gasteiger partial charge is 0.242 e. The number of halogens is 1. The largest absolute Gasteiger partial charge is 0.354 e. The minimum atomic E-state index is -0.542. The standard InChI is InChI=1S/C15H21FN2O2/c1-10(2)14(18-11(3)19)15(20)17-8-7-12-5-4-6-13(16)9-12/h4-6,9-10,14H,7-8H2,1-3H3,(H,17,20)(H,18,19)/t14-/m0/s1. The van der Waals surface area contributed by atoms with E-state index in [0.717, 1.165) is 5.56 Å². The molecule has 1 aromatic carbocycles. The van der Waals surface area contributed by atoms with Crippen molar-refractivity contribution in [2.24, 2.45) is 5.92 Å². The Morgan fingerprint density at radius 1 is 1.30 bits per heavy atom. The first-order chi connectivity index (χ1) is 9.40. The van der Waals surface area contributed by atoms with Gasteiger partial charge in [-0.15, -0.1) is 0 Å². The second-order valence-electron chi connectivity index (χ2n) is 5.09. The van der Waals surface area contributed by atoms with E-state index in [4.69, 9.17) is 0 Å². The molecule has 0 saturated heterocycles. The Kier molecular flexibility index (Phi) is 6.15. The molecule has 0 aliphatic heterocycles. The highest BCUT2D eigenvalue weighted by molar-refractivity contribution is 5.87. The third-order valence-corrected chi connectivity index (χ3v) is 2.91. The summed E-state index contributed by atoms with van der Waals surface area (Å²) in [7, 11) is 0. The number of rotatable bonds is 6. The van der Waals surface area contributed by atoms with Crippen LogP contribution in [0, 0.1) is 11.7 Å². The molecule has 0 aliphatic rings. The summed E-state index contributed by atoms with van der Waals surface area (Å²) < 4.78 is 13.0. The Morgan fingerprint density at radius 3 is 2.55 bits per heavy atom. The molecule has 0 spiro atoms. The monoisotopic (exact) mass is 280 g/mol. The van der Waals surface area contributed by atoms with Gasteiger partial charge < -0.3 is 10.6 Å². The highest BCUT2D eigenvalue weighted by Gasteiger charge is 2.22. The quantitative estimate of drug-likeness (QED) is 0.832. The van der Waals surface area contributed by atoms with Crippen LogP contribution in [0.5, 0.6) is 0 Å². The lowest BCUT2D eigenvalue weighted by Gasteiger charge is -2.20. The zero-order valence-electron chi connectivity index (χ0n) is 12.1. The third-order valence-electron chi connectivity index (χ3n) is 2.91. The zero-order chi connectivity index (χ0) is 15.1. The topological polar surface area (TPSA) is 58.2 Å². The third kappa shape index (κ3) is 5.38. The lowest BCUT2D eigenvalue weighted by molar-refractivity contribution is -0.129. The fraction of sp³-hybridized carbons (Fsp3) is 0.467. The molecule has 1 aromatic rings. The summed E-state index contributed by atoms with van der Waals surface area (Å²) in [5.41, 5.74) is 0.825. The Balaban J connectivity index is 2.47. The lowest BCUT2D eigenvalue weighted by atomic mass is 10.0. The molecule has 0 heterocycles. The van der Waals surface area contributed by atoms with E-state index < -0.39 is 6.04 Å². The van der Waals surface area contributed by atoms with Crippen LogP contribution in [0.15, 0.2) is 24.3 Å². The summed E-state index contributed by atoms with van der Waals surface area (Å²) >= 11 is 0. The summed E-state index contributed by atoms with van der Waals surface area (Å²) in [5.74, 6) is -0.726. The van der Waals surface area contributed by atoms with Crippen LogP contribution in [0.2, 0.25) is 0 Å². The van der Waals surface area contributed by atoms with Gasteiger partial charge in [0.05, 0.1) is 0 Å². The average molecular weight is 280 g/mol. The summed E-state index contributed by atoms with van der Waals surface area (Å²) in [4.78, 5) is 23.0. The summed E-state index contributed by atoms with van der Waals surface area (Å²) in [5, 5.41) is 5.39. The highest BCUT2D eigenvalue weighted by Crippen LogP contribution is 2.04. The Hall–Kier alpha value is -1.91. The van der Waals surface area contributed by atoms with Crippen LogP contribution in [0.25, 0.3) is 0 Å². The van der Waals surface area contributed by atoms with Crippen molar-refractivity contribution in [1.82, 2.24) is 10.6 Å². The lowest BCUT2D eigenvalue weighted by Crippen LogP contribution is -2.49. The number of carbonyl (C=O) groups is 2. The first-order valence-electron chi connectivity index (χ1n) is 6.69. The summed E-state index contributed by atoms with van der Waals surface area (Å²) in [6, 6.07) is 5.73. The van der Waals surface area contributed by atoms with Crippen LogP contribution in [0.4, 0.5) is 4.39 Å². The van der Waals surface area contributed by atoms with E-state index >= 15 is 0 Å². The van der Waals surface area contributed by atoms with Gasteiger partial charge in [-0.05, 0) is 30.0 Å². The van der Waals surface area contributed by atoms with Crippen molar-refractivity contribution in [2.45, 2.75) is 33.2 Å². The minimum absolute atomic E-state index is 0.00747. The number of amides is 2. The van der Waals surface area contributed by atoms with Gasteiger partial charge in [-0.2, -0.15) is 0 Å². The molecule has 5 heteroatoms. The number of benzene rings is 1. The van der Waals surface area contributed by atoms with E-state index in [9.17, 15) is 14.0 Å². The van der Waals surface area contributed by atoms with E-state index in [1.165, 1.54) is 19.1 Å². The SMILES string of the molecule is CC(=O)N[C@H](C(=O)NCCc1cccc(F)c1)C(C)C. The van der Waals surface area contributed by atoms with E-state index in [0.29, 0.717) is 13.0 Å². The fourth-order valence-electron chi connectivity index (χ4n) is 1.89. The van der Waals surface area contributed by atoms with E-state index in [2.05, 4.69) is 10.6 Å². The maximum Gasteiger partial charge on any atom is 0.242 e. The van der Waals surface area contributed by atoms with Gasteiger partial charge in [0, 0.05) is 13.5 Å². The highest BCUT2D eigenvalue weighted by atomic mass is 19.1. The van der Waals surface area contributed by atoms with Gasteiger partial charge in [-0.25, -0.2) is 4.39 Å². The molecule has 0 radical (unpaired) electrons. The molecule has 0 bridgehead atoms. The Labute approximate surface area is 118 Å². The van der Waals surface area contributed by atoms with Crippen molar-refractivity contribution in [3.63, 3.8) is 0 Å². The maximum atomic E-state index is 13.0. The van der Waals surface area contributed by atoms with Gasteiger partial charge in [-0.1, -0.05) is 26.0 Å². The molecule has 0 saturated carbocycles. The molecule has 0 unspecified atom stereocenters. The maximum absolute atomic E-state index is 13.0. The van der Waals surface area contributed by atoms with Crippen molar-refractivity contribution in [2.75, 3.05) is 6.54 Å². The zero-order valence-corrected chi connectivity index (χ0v) is 12.1. The van der Waals surface area contributed by atoms with E-state index in [1.54, 1.807) is 6.07 Å². The van der Waals surface area contributed by atoms with Gasteiger partial charge in [0.25, 0.3) is 0 Å². The van der Waals surface area contributed by atoms with Crippen LogP contribution < -0.4 is 10.6 Å². The molecule has 1 atom stereocenters. The summed E-state index contributed by atoms with van der Waals surface area (Å²) in [6.07, 6.45) is 0.550. The van der Waals surface area contributed by atoms with Crippen molar-refractivity contribution in [1.29, 1.82) is 0 Å². The van der Waals surface area contributed by atoms with Gasteiger partial charge in [0.15, 0.2) is 0 Å². The predicted octanol–water partition coefficient (Wildman–Crippen LogP) is 1.65. The average Bonchev–Trinajstić information content (AvgIpc) is 2.35. The normalized spacial score (nSPS) is 12.1. The van der Waals surface area contributed by atoms with Crippen molar-refractivity contribution < 1.29 is 14.0 Å². The number of carbonyl (C=O) groups excluding carboxylic acids is 2. The van der Waals surface area contributed by atoms with Gasteiger partial charge in [0.2, 0.25) is 11.8 Å². The van der Waals surface area contributed by atoms with Crippen molar-refractivity contribution in [3.8, 4) is 0 Å². The van der Waals surface area contributed by atoms with E-state index in [1.807, 2.05) is 19.9 Å². The number of nitrogens with one attached hydrogen (secondary N) is 2. The molecule has 1 rings (SSSR count). The molecular formula is C15H21FN2O2. The second-order valence-corrected chi connectivity index (χ2v) is 5.09. The van der Waals surface area contributed by atoms with Crippen LogP contribution in [-0.4, -0.2) is 24.4 Å². The second kappa shape index (κ2) is 7.62. The van der Waals surface area contributed by atoms with Crippen molar-refractivity contribution >= 4 is 11.8 Å². The first-order valence-corrected chi connectivity index (χ1v) is 6.69. The Morgan fingerprint density at radius 2 is 2.00 bits per heavy atom. The first kappa shape index (κ1) is 16.1. The predicted molar refractivity (Wildman–Crippen MR) is 75.6 cm³/mol. The summed E-state index contributed by atoms with van der Waals surface area (Å²) in [6.45, 7) is 5.53. The van der Waals surface area contributed by atoms with Crippen LogP contribution >= 0.6 is 0 Å². The number of hydrogen-bond acceptors (Lipinski definition) is 2. The van der Waals surface area contributed by atoms with Gasteiger partial charge in [-0.3, -0.25) is 9.59 Å². The molecule has 20 heavy (non-hydrogen) atoms. The minimum Gasteiger partial charge on any atom is -0.354 e. The molecule has 2 N–H and O–H groups in total. The molecule has 2 amide bonds. The molecule has 0 aliphatic carbocycles. The molecule has 0 aromatic heterocycles. The molecule has 110 valence electrons. The fourth-order valence-corrected chi connectivity index (χ4v) is 1.89. The van der Waals surface area contributed by atoms with Crippen LogP contribution in [0.3, 0.4) is 0 Å². The van der Waals surface area contributed by atoms with Gasteiger partial charge in [0.1, 0.15) is 11.9 Å². The van der Waals surface area contributed by atoms with Crippen LogP contribution in [0.1, 0.15) is 26.3 Å². The molecular weight excluding hydrogens is 259 g/mol.